The van der Waals surface area contributed by atoms with Crippen LogP contribution in [0.1, 0.15) is 11.1 Å². The SMILES string of the molecule is N#CC(C#N)=Cc1ccc(O)c(-c2nc3ccccc3o2)c1.N#CC(C#N)=Cc1ccc(O)c(-c2nc3ccccc3o2)c1. The van der Waals surface area contributed by atoms with E-state index in [4.69, 9.17) is 29.9 Å². The average molecular weight is 575 g/mol. The van der Waals surface area contributed by atoms with Crippen LogP contribution in [0.4, 0.5) is 0 Å². The quantitative estimate of drug-likeness (QED) is 0.203. The summed E-state index contributed by atoms with van der Waals surface area (Å²) in [5, 5.41) is 55.2. The number of nitrogens with zero attached hydrogens (tertiary/aromatic N) is 6. The highest BCUT2D eigenvalue weighted by molar-refractivity contribution is 5.80. The smallest absolute Gasteiger partial charge is 0.231 e. The van der Waals surface area contributed by atoms with Gasteiger partial charge in [0.1, 0.15) is 58.0 Å². The summed E-state index contributed by atoms with van der Waals surface area (Å²) in [5.41, 5.74) is 4.59. The Kier molecular flexibility index (Phi) is 8.12. The molecule has 6 rings (SSSR count). The monoisotopic (exact) mass is 574 g/mol. The fourth-order valence-corrected chi connectivity index (χ4v) is 4.12. The maximum absolute atomic E-state index is 10.0. The van der Waals surface area contributed by atoms with Gasteiger partial charge in [-0.25, -0.2) is 9.97 Å². The van der Waals surface area contributed by atoms with Crippen molar-refractivity contribution in [2.45, 2.75) is 0 Å². The summed E-state index contributed by atoms with van der Waals surface area (Å²) in [6, 6.07) is 31.1. The number of aromatic hydroxyl groups is 2. The van der Waals surface area contributed by atoms with Crippen molar-refractivity contribution in [1.29, 1.82) is 21.0 Å². The first-order chi connectivity index (χ1) is 21.4. The van der Waals surface area contributed by atoms with E-state index in [-0.39, 0.29) is 34.4 Å². The van der Waals surface area contributed by atoms with Crippen LogP contribution < -0.4 is 0 Å². The third kappa shape index (κ3) is 6.11. The standard InChI is InChI=1S/2C17H9N3O2/c2*18-9-12(10-19)7-11-5-6-15(21)13(8-11)17-20-14-3-1-2-4-16(14)22-17/h2*1-8,21H. The van der Waals surface area contributed by atoms with Crippen molar-refractivity contribution < 1.29 is 19.0 Å². The molecule has 0 bridgehead atoms. The summed E-state index contributed by atoms with van der Waals surface area (Å²) in [5.74, 6) is 0.590. The molecule has 0 unspecified atom stereocenters. The van der Waals surface area contributed by atoms with Crippen LogP contribution in [0.25, 0.3) is 57.3 Å². The first-order valence-electron chi connectivity index (χ1n) is 12.8. The number of rotatable bonds is 4. The molecule has 0 aliphatic heterocycles. The van der Waals surface area contributed by atoms with Crippen molar-refractivity contribution in [2.75, 3.05) is 0 Å². The molecule has 4 aromatic carbocycles. The number of fused-ring (bicyclic) bond motifs is 2. The van der Waals surface area contributed by atoms with Gasteiger partial charge in [-0.2, -0.15) is 21.0 Å². The second kappa shape index (κ2) is 12.6. The van der Waals surface area contributed by atoms with Crippen molar-refractivity contribution in [3.63, 3.8) is 0 Å². The van der Waals surface area contributed by atoms with Crippen LogP contribution in [-0.4, -0.2) is 20.2 Å². The van der Waals surface area contributed by atoms with Crippen LogP contribution in [-0.2, 0) is 0 Å². The zero-order valence-corrected chi connectivity index (χ0v) is 22.6. The van der Waals surface area contributed by atoms with Gasteiger partial charge in [-0.15, -0.1) is 0 Å². The average Bonchev–Trinajstić information content (AvgIpc) is 3.69. The predicted molar refractivity (Wildman–Crippen MR) is 161 cm³/mol. The van der Waals surface area contributed by atoms with Crippen molar-refractivity contribution >= 4 is 34.4 Å². The molecule has 10 heteroatoms. The maximum Gasteiger partial charge on any atom is 0.231 e. The Balaban J connectivity index is 0.000000175. The van der Waals surface area contributed by atoms with Crippen LogP contribution in [0, 0.1) is 45.3 Å². The van der Waals surface area contributed by atoms with Gasteiger partial charge < -0.3 is 19.0 Å². The van der Waals surface area contributed by atoms with Gasteiger partial charge in [0.15, 0.2) is 11.2 Å². The Hall–Kier alpha value is -7.14. The number of nitriles is 4. The molecule has 2 N–H and O–H groups in total. The van der Waals surface area contributed by atoms with Gasteiger partial charge in [-0.1, -0.05) is 36.4 Å². The lowest BCUT2D eigenvalue weighted by Crippen LogP contribution is -1.82. The number of allylic oxidation sites excluding steroid dienone is 2. The van der Waals surface area contributed by atoms with E-state index < -0.39 is 0 Å². The number of benzene rings is 4. The van der Waals surface area contributed by atoms with Crippen molar-refractivity contribution in [3.8, 4) is 58.7 Å². The molecular formula is C34H18N6O4. The number of para-hydroxylation sites is 4. The molecule has 0 saturated heterocycles. The van der Waals surface area contributed by atoms with E-state index >= 15 is 0 Å². The topological polar surface area (TPSA) is 188 Å². The van der Waals surface area contributed by atoms with E-state index in [0.29, 0.717) is 44.5 Å². The summed E-state index contributed by atoms with van der Waals surface area (Å²) in [6.45, 7) is 0. The minimum atomic E-state index is -0.0193. The second-order valence-electron chi connectivity index (χ2n) is 9.09. The highest BCUT2D eigenvalue weighted by atomic mass is 16.4. The first kappa shape index (κ1) is 28.4. The molecule has 0 aliphatic carbocycles. The third-order valence-electron chi connectivity index (χ3n) is 6.19. The molecule has 44 heavy (non-hydrogen) atoms. The molecule has 0 radical (unpaired) electrons. The number of phenols is 2. The van der Waals surface area contributed by atoms with Crippen molar-refractivity contribution in [2.24, 2.45) is 0 Å². The zero-order valence-electron chi connectivity index (χ0n) is 22.6. The molecule has 2 aromatic heterocycles. The molecule has 6 aromatic rings. The maximum atomic E-state index is 10.0. The van der Waals surface area contributed by atoms with E-state index in [1.165, 1.54) is 24.3 Å². The van der Waals surface area contributed by atoms with Crippen LogP contribution in [0.5, 0.6) is 11.5 Å². The molecule has 0 aliphatic rings. The minimum Gasteiger partial charge on any atom is -0.507 e. The van der Waals surface area contributed by atoms with Gasteiger partial charge in [-0.05, 0) is 71.8 Å². The molecular weight excluding hydrogens is 556 g/mol. The van der Waals surface area contributed by atoms with Gasteiger partial charge in [0.05, 0.1) is 11.1 Å². The number of aromatic nitrogens is 2. The molecule has 0 saturated carbocycles. The predicted octanol–water partition coefficient (Wildman–Crippen LogP) is 7.26. The molecule has 0 atom stereocenters. The fourth-order valence-electron chi connectivity index (χ4n) is 4.12. The van der Waals surface area contributed by atoms with Gasteiger partial charge >= 0.3 is 0 Å². The first-order valence-corrected chi connectivity index (χ1v) is 12.8. The Morgan fingerprint density at radius 3 is 1.32 bits per heavy atom. The second-order valence-corrected chi connectivity index (χ2v) is 9.09. The summed E-state index contributed by atoms with van der Waals surface area (Å²) in [4.78, 5) is 8.65. The van der Waals surface area contributed by atoms with E-state index in [1.54, 1.807) is 60.7 Å². The molecule has 208 valence electrons. The highest BCUT2D eigenvalue weighted by Crippen LogP contribution is 2.33. The molecule has 10 nitrogen and oxygen atoms in total. The Morgan fingerprint density at radius 1 is 0.568 bits per heavy atom. The highest BCUT2D eigenvalue weighted by Gasteiger charge is 2.14. The van der Waals surface area contributed by atoms with Gasteiger partial charge in [0.2, 0.25) is 11.8 Å². The Bertz CT molecular complexity index is 2010. The lowest BCUT2D eigenvalue weighted by atomic mass is 10.1. The number of oxazole rings is 2. The lowest BCUT2D eigenvalue weighted by Gasteiger charge is -2.01. The normalized spacial score (nSPS) is 9.91. The summed E-state index contributed by atoms with van der Waals surface area (Å²) >= 11 is 0. The van der Waals surface area contributed by atoms with Crippen LogP contribution in [0.3, 0.4) is 0 Å². The van der Waals surface area contributed by atoms with Crippen LogP contribution >= 0.6 is 0 Å². The fraction of sp³-hybridized carbons (Fsp3) is 0. The van der Waals surface area contributed by atoms with Gasteiger partial charge in [0.25, 0.3) is 0 Å². The third-order valence-corrected chi connectivity index (χ3v) is 6.19. The van der Waals surface area contributed by atoms with Crippen molar-refractivity contribution in [3.05, 3.63) is 107 Å². The Labute approximate surface area is 250 Å². The largest absolute Gasteiger partial charge is 0.507 e. The summed E-state index contributed by atoms with van der Waals surface area (Å²) in [7, 11) is 0. The number of phenolic OH excluding ortho intramolecular Hbond substituents is 2. The number of hydrogen-bond donors (Lipinski definition) is 2. The van der Waals surface area contributed by atoms with Crippen LogP contribution in [0.2, 0.25) is 0 Å². The van der Waals surface area contributed by atoms with Crippen LogP contribution in [0.15, 0.2) is 105 Å². The zero-order chi connectivity index (χ0) is 31.1. The number of hydrogen-bond acceptors (Lipinski definition) is 10. The van der Waals surface area contributed by atoms with Gasteiger partial charge in [-0.3, -0.25) is 0 Å². The van der Waals surface area contributed by atoms with E-state index in [1.807, 2.05) is 36.4 Å². The van der Waals surface area contributed by atoms with Crippen molar-refractivity contribution in [1.82, 2.24) is 9.97 Å². The molecule has 2 heterocycles. The Morgan fingerprint density at radius 2 is 0.955 bits per heavy atom. The summed E-state index contributed by atoms with van der Waals surface area (Å²) in [6.07, 6.45) is 2.87. The van der Waals surface area contributed by atoms with E-state index in [0.717, 1.165) is 0 Å². The minimum absolute atomic E-state index is 0.0131. The lowest BCUT2D eigenvalue weighted by molar-refractivity contribution is 0.473. The summed E-state index contributed by atoms with van der Waals surface area (Å²) < 4.78 is 11.3. The van der Waals surface area contributed by atoms with E-state index in [2.05, 4.69) is 9.97 Å². The molecule has 0 fully saturated rings. The van der Waals surface area contributed by atoms with Gasteiger partial charge in [0, 0.05) is 0 Å². The molecule has 0 amide bonds. The van der Waals surface area contributed by atoms with E-state index in [9.17, 15) is 10.2 Å². The molecule has 0 spiro atoms.